The zero-order chi connectivity index (χ0) is 13.7. The van der Waals surface area contributed by atoms with Gasteiger partial charge in [0.15, 0.2) is 0 Å². The van der Waals surface area contributed by atoms with E-state index in [1.54, 1.807) is 6.07 Å². The lowest BCUT2D eigenvalue weighted by atomic mass is 10.3. The molecule has 2 N–H and O–H groups in total. The number of carbonyl (C=O) groups is 1. The van der Waals surface area contributed by atoms with E-state index in [-0.39, 0.29) is 5.91 Å². The molecule has 1 aromatic rings. The molecule has 1 heterocycles. The molecule has 6 heteroatoms. The molecule has 0 unspecified atom stereocenters. The van der Waals surface area contributed by atoms with Gasteiger partial charge in [0.05, 0.1) is 0 Å². The quantitative estimate of drug-likeness (QED) is 0.747. The highest BCUT2D eigenvalue weighted by Crippen LogP contribution is 2.18. The van der Waals surface area contributed by atoms with Crippen molar-refractivity contribution in [3.8, 4) is 6.07 Å². The highest BCUT2D eigenvalue weighted by atomic mass is 16.1. The standard InChI is InChI=1S/C13H17N5O/c1-9-7-11(8-14)18-13(16-9)15-6-2-3-12(19)17-10-4-5-10/h7,10H,2-6H2,1H3,(H,17,19)(H,15,16,18). The third kappa shape index (κ3) is 4.54. The lowest BCUT2D eigenvalue weighted by Gasteiger charge is -2.06. The average Bonchev–Trinajstić information content (AvgIpc) is 3.18. The molecule has 1 aliphatic carbocycles. The van der Waals surface area contributed by atoms with Crippen LogP contribution in [0.25, 0.3) is 0 Å². The smallest absolute Gasteiger partial charge is 0.224 e. The van der Waals surface area contributed by atoms with Gasteiger partial charge in [0.1, 0.15) is 11.8 Å². The number of rotatable bonds is 6. The predicted molar refractivity (Wildman–Crippen MR) is 70.4 cm³/mol. The van der Waals surface area contributed by atoms with E-state index in [9.17, 15) is 4.79 Å². The minimum absolute atomic E-state index is 0.104. The SMILES string of the molecule is Cc1cc(C#N)nc(NCCCC(=O)NC2CC2)n1. The number of carbonyl (C=O) groups excluding carboxylic acids is 1. The van der Waals surface area contributed by atoms with Crippen molar-refractivity contribution >= 4 is 11.9 Å². The maximum Gasteiger partial charge on any atom is 0.224 e. The molecule has 0 radical (unpaired) electrons. The second kappa shape index (κ2) is 6.14. The van der Waals surface area contributed by atoms with Crippen LogP contribution >= 0.6 is 0 Å². The van der Waals surface area contributed by atoms with Crippen molar-refractivity contribution in [1.29, 1.82) is 5.26 Å². The van der Waals surface area contributed by atoms with Crippen LogP contribution in [0.1, 0.15) is 37.1 Å². The zero-order valence-corrected chi connectivity index (χ0v) is 10.9. The highest BCUT2D eigenvalue weighted by molar-refractivity contribution is 5.76. The Morgan fingerprint density at radius 3 is 3.00 bits per heavy atom. The van der Waals surface area contributed by atoms with Crippen molar-refractivity contribution < 1.29 is 4.79 Å². The van der Waals surface area contributed by atoms with Gasteiger partial charge < -0.3 is 10.6 Å². The van der Waals surface area contributed by atoms with Crippen LogP contribution < -0.4 is 10.6 Å². The lowest BCUT2D eigenvalue weighted by Crippen LogP contribution is -2.25. The van der Waals surface area contributed by atoms with Crippen LogP contribution in [0.15, 0.2) is 6.07 Å². The van der Waals surface area contributed by atoms with E-state index >= 15 is 0 Å². The Bertz CT molecular complexity index is 504. The molecular formula is C13H17N5O. The molecule has 1 saturated carbocycles. The molecule has 0 aromatic carbocycles. The summed E-state index contributed by atoms with van der Waals surface area (Å²) >= 11 is 0. The number of nitrogens with zero attached hydrogens (tertiary/aromatic N) is 3. The first-order chi connectivity index (χ1) is 9.17. The van der Waals surface area contributed by atoms with Crippen LogP contribution in [0.5, 0.6) is 0 Å². The van der Waals surface area contributed by atoms with Gasteiger partial charge in [-0.3, -0.25) is 4.79 Å². The molecule has 0 saturated heterocycles. The predicted octanol–water partition coefficient (Wildman–Crippen LogP) is 1.13. The van der Waals surface area contributed by atoms with Crippen molar-refractivity contribution in [3.63, 3.8) is 0 Å². The van der Waals surface area contributed by atoms with E-state index in [1.165, 1.54) is 0 Å². The first-order valence-electron chi connectivity index (χ1n) is 6.46. The summed E-state index contributed by atoms with van der Waals surface area (Å²) in [6.45, 7) is 2.43. The molecule has 100 valence electrons. The number of aryl methyl sites for hydroxylation is 1. The number of amides is 1. The number of nitriles is 1. The maximum absolute atomic E-state index is 11.4. The summed E-state index contributed by atoms with van der Waals surface area (Å²) in [6, 6.07) is 4.04. The van der Waals surface area contributed by atoms with Crippen LogP contribution in [0.2, 0.25) is 0 Å². The Hall–Kier alpha value is -2.16. The van der Waals surface area contributed by atoms with Crippen LogP contribution in [-0.4, -0.2) is 28.5 Å². The van der Waals surface area contributed by atoms with Crippen molar-refractivity contribution in [2.24, 2.45) is 0 Å². The van der Waals surface area contributed by atoms with Gasteiger partial charge in [0.2, 0.25) is 11.9 Å². The lowest BCUT2D eigenvalue weighted by molar-refractivity contribution is -0.121. The van der Waals surface area contributed by atoms with Crippen molar-refractivity contribution in [2.45, 2.75) is 38.6 Å². The number of anilines is 1. The number of hydrogen-bond acceptors (Lipinski definition) is 5. The molecule has 1 aromatic heterocycles. The molecule has 0 spiro atoms. The van der Waals surface area contributed by atoms with E-state index in [4.69, 9.17) is 5.26 Å². The fourth-order valence-corrected chi connectivity index (χ4v) is 1.68. The fraction of sp³-hybridized carbons (Fsp3) is 0.538. The highest BCUT2D eigenvalue weighted by Gasteiger charge is 2.22. The summed E-state index contributed by atoms with van der Waals surface area (Å²) in [5.41, 5.74) is 1.10. The van der Waals surface area contributed by atoms with E-state index in [0.717, 1.165) is 25.0 Å². The minimum atomic E-state index is 0.104. The van der Waals surface area contributed by atoms with Crippen LogP contribution in [0, 0.1) is 18.3 Å². The van der Waals surface area contributed by atoms with Gasteiger partial charge in [-0.1, -0.05) is 0 Å². The molecule has 0 atom stereocenters. The van der Waals surface area contributed by atoms with Gasteiger partial charge in [0, 0.05) is 24.7 Å². The Morgan fingerprint density at radius 2 is 2.32 bits per heavy atom. The minimum Gasteiger partial charge on any atom is -0.354 e. The zero-order valence-electron chi connectivity index (χ0n) is 10.9. The first-order valence-corrected chi connectivity index (χ1v) is 6.46. The Labute approximate surface area is 112 Å². The number of nitrogens with one attached hydrogen (secondary N) is 2. The van der Waals surface area contributed by atoms with Gasteiger partial charge in [-0.05, 0) is 32.3 Å². The largest absolute Gasteiger partial charge is 0.354 e. The summed E-state index contributed by atoms with van der Waals surface area (Å²) in [6.07, 6.45) is 3.44. The average molecular weight is 259 g/mol. The summed E-state index contributed by atoms with van der Waals surface area (Å²) in [5.74, 6) is 0.548. The van der Waals surface area contributed by atoms with Gasteiger partial charge in [0.25, 0.3) is 0 Å². The molecule has 0 bridgehead atoms. The van der Waals surface area contributed by atoms with Crippen molar-refractivity contribution in [2.75, 3.05) is 11.9 Å². The Kier molecular flexibility index (Phi) is 4.29. The van der Waals surface area contributed by atoms with Gasteiger partial charge in [-0.15, -0.1) is 0 Å². The molecule has 6 nitrogen and oxygen atoms in total. The van der Waals surface area contributed by atoms with Gasteiger partial charge in [-0.2, -0.15) is 5.26 Å². The molecule has 2 rings (SSSR count). The molecule has 1 fully saturated rings. The topological polar surface area (TPSA) is 90.7 Å². The third-order valence-corrected chi connectivity index (χ3v) is 2.77. The summed E-state index contributed by atoms with van der Waals surface area (Å²) < 4.78 is 0. The van der Waals surface area contributed by atoms with E-state index in [1.807, 2.05) is 13.0 Å². The van der Waals surface area contributed by atoms with E-state index in [2.05, 4.69) is 20.6 Å². The molecule has 0 aliphatic heterocycles. The van der Waals surface area contributed by atoms with Crippen LogP contribution in [-0.2, 0) is 4.79 Å². The molecular weight excluding hydrogens is 242 g/mol. The summed E-state index contributed by atoms with van der Waals surface area (Å²) in [7, 11) is 0. The Morgan fingerprint density at radius 1 is 1.53 bits per heavy atom. The first kappa shape index (κ1) is 13.3. The fourth-order valence-electron chi connectivity index (χ4n) is 1.68. The van der Waals surface area contributed by atoms with Crippen molar-refractivity contribution in [3.05, 3.63) is 17.5 Å². The third-order valence-electron chi connectivity index (χ3n) is 2.77. The molecule has 1 aliphatic rings. The molecule has 19 heavy (non-hydrogen) atoms. The second-order valence-electron chi connectivity index (χ2n) is 4.70. The summed E-state index contributed by atoms with van der Waals surface area (Å²) in [4.78, 5) is 19.7. The van der Waals surface area contributed by atoms with Gasteiger partial charge in [-0.25, -0.2) is 9.97 Å². The van der Waals surface area contributed by atoms with Crippen molar-refractivity contribution in [1.82, 2.24) is 15.3 Å². The van der Waals surface area contributed by atoms with E-state index < -0.39 is 0 Å². The second-order valence-corrected chi connectivity index (χ2v) is 4.70. The van der Waals surface area contributed by atoms with Gasteiger partial charge >= 0.3 is 0 Å². The number of hydrogen-bond donors (Lipinski definition) is 2. The van der Waals surface area contributed by atoms with E-state index in [0.29, 0.717) is 30.6 Å². The monoisotopic (exact) mass is 259 g/mol. The van der Waals surface area contributed by atoms with Crippen LogP contribution in [0.4, 0.5) is 5.95 Å². The van der Waals surface area contributed by atoms with Crippen LogP contribution in [0.3, 0.4) is 0 Å². The normalized spacial score (nSPS) is 13.7. The molecule has 1 amide bonds. The summed E-state index contributed by atoms with van der Waals surface area (Å²) in [5, 5.41) is 14.8. The Balaban J connectivity index is 1.71. The number of aromatic nitrogens is 2. The maximum atomic E-state index is 11.4.